The first-order valence-corrected chi connectivity index (χ1v) is 5.78. The highest BCUT2D eigenvalue weighted by atomic mass is 35.5. The highest BCUT2D eigenvalue weighted by Crippen LogP contribution is 2.18. The fourth-order valence-electron chi connectivity index (χ4n) is 1.77. The molecule has 0 aliphatic carbocycles. The zero-order chi connectivity index (χ0) is 12.3. The Balaban J connectivity index is 2.27. The Morgan fingerprint density at radius 1 is 1.06 bits per heavy atom. The van der Waals surface area contributed by atoms with Crippen LogP contribution in [0.5, 0.6) is 0 Å². The van der Waals surface area contributed by atoms with Gasteiger partial charge >= 0.3 is 0 Å². The van der Waals surface area contributed by atoms with Gasteiger partial charge in [0, 0.05) is 18.0 Å². The van der Waals surface area contributed by atoms with Crippen LogP contribution in [-0.4, -0.2) is 0 Å². The molecule has 0 radical (unpaired) electrons. The van der Waals surface area contributed by atoms with Crippen molar-refractivity contribution in [2.24, 2.45) is 5.73 Å². The van der Waals surface area contributed by atoms with Crippen LogP contribution in [0.4, 0.5) is 4.39 Å². The number of hydrogen-bond donors (Lipinski definition) is 1. The number of benzene rings is 2. The zero-order valence-corrected chi connectivity index (χ0v) is 10.0. The molecule has 0 aliphatic rings. The van der Waals surface area contributed by atoms with Gasteiger partial charge in [0.05, 0.1) is 0 Å². The molecule has 0 heterocycles. The van der Waals surface area contributed by atoms with Crippen molar-refractivity contribution in [1.82, 2.24) is 0 Å². The van der Waals surface area contributed by atoms with Crippen LogP contribution in [0.2, 0.25) is 5.02 Å². The lowest BCUT2D eigenvalue weighted by molar-refractivity contribution is 0.614. The van der Waals surface area contributed by atoms with Crippen molar-refractivity contribution < 1.29 is 4.39 Å². The normalized spacial score (nSPS) is 10.5. The first kappa shape index (κ1) is 12.1. The summed E-state index contributed by atoms with van der Waals surface area (Å²) < 4.78 is 13.6. The second-order valence-electron chi connectivity index (χ2n) is 3.94. The average Bonchev–Trinajstić information content (AvgIpc) is 2.34. The molecule has 1 nitrogen and oxygen atoms in total. The minimum atomic E-state index is -0.229. The van der Waals surface area contributed by atoms with Gasteiger partial charge < -0.3 is 5.73 Å². The summed E-state index contributed by atoms with van der Waals surface area (Å²) in [7, 11) is 0. The molecule has 0 bridgehead atoms. The van der Waals surface area contributed by atoms with Crippen LogP contribution in [-0.2, 0) is 13.0 Å². The minimum absolute atomic E-state index is 0.229. The third kappa shape index (κ3) is 3.05. The van der Waals surface area contributed by atoms with E-state index in [4.69, 9.17) is 17.3 Å². The average molecular weight is 250 g/mol. The van der Waals surface area contributed by atoms with Crippen LogP contribution in [0.25, 0.3) is 0 Å². The molecule has 0 saturated carbocycles. The molecule has 0 aromatic heterocycles. The van der Waals surface area contributed by atoms with Crippen molar-refractivity contribution in [3.63, 3.8) is 0 Å². The van der Waals surface area contributed by atoms with Crippen LogP contribution >= 0.6 is 11.6 Å². The standard InChI is InChI=1S/C14H13ClFN/c15-13-4-5-14(16)12(8-13)7-10-2-1-3-11(6-10)9-17/h1-6,8H,7,9,17H2. The quantitative estimate of drug-likeness (QED) is 0.885. The van der Waals surface area contributed by atoms with Crippen molar-refractivity contribution in [3.8, 4) is 0 Å². The summed E-state index contributed by atoms with van der Waals surface area (Å²) in [6.07, 6.45) is 0.528. The first-order valence-electron chi connectivity index (χ1n) is 5.41. The van der Waals surface area contributed by atoms with Crippen molar-refractivity contribution in [2.75, 3.05) is 0 Å². The van der Waals surface area contributed by atoms with Gasteiger partial charge in [-0.1, -0.05) is 35.9 Å². The summed E-state index contributed by atoms with van der Waals surface area (Å²) in [6, 6.07) is 12.4. The third-order valence-electron chi connectivity index (χ3n) is 2.63. The predicted molar refractivity (Wildman–Crippen MR) is 68.5 cm³/mol. The van der Waals surface area contributed by atoms with E-state index in [9.17, 15) is 4.39 Å². The van der Waals surface area contributed by atoms with Gasteiger partial charge in [-0.3, -0.25) is 0 Å². The minimum Gasteiger partial charge on any atom is -0.326 e. The van der Waals surface area contributed by atoms with Gasteiger partial charge in [-0.15, -0.1) is 0 Å². The second kappa shape index (κ2) is 5.30. The van der Waals surface area contributed by atoms with E-state index in [2.05, 4.69) is 0 Å². The summed E-state index contributed by atoms with van der Waals surface area (Å²) in [6.45, 7) is 0.492. The molecule has 0 atom stereocenters. The van der Waals surface area contributed by atoms with Gasteiger partial charge in [-0.2, -0.15) is 0 Å². The molecule has 2 aromatic rings. The topological polar surface area (TPSA) is 26.0 Å². The largest absolute Gasteiger partial charge is 0.326 e. The lowest BCUT2D eigenvalue weighted by atomic mass is 10.0. The first-order chi connectivity index (χ1) is 8.19. The summed E-state index contributed by atoms with van der Waals surface area (Å²) in [5, 5.41) is 0.552. The lowest BCUT2D eigenvalue weighted by Gasteiger charge is -2.06. The third-order valence-corrected chi connectivity index (χ3v) is 2.86. The molecule has 0 aliphatic heterocycles. The maximum Gasteiger partial charge on any atom is 0.126 e. The summed E-state index contributed by atoms with van der Waals surface area (Å²) in [5.74, 6) is -0.229. The Labute approximate surface area is 105 Å². The Hall–Kier alpha value is -1.38. The van der Waals surface area contributed by atoms with Gasteiger partial charge in [-0.05, 0) is 34.9 Å². The predicted octanol–water partition coefficient (Wildman–Crippen LogP) is 3.53. The zero-order valence-electron chi connectivity index (χ0n) is 9.29. The molecule has 3 heteroatoms. The monoisotopic (exact) mass is 249 g/mol. The van der Waals surface area contributed by atoms with E-state index in [-0.39, 0.29) is 5.82 Å². The Morgan fingerprint density at radius 3 is 2.59 bits per heavy atom. The van der Waals surface area contributed by atoms with Crippen molar-refractivity contribution in [3.05, 3.63) is 70.0 Å². The van der Waals surface area contributed by atoms with Gasteiger partial charge in [0.25, 0.3) is 0 Å². The number of hydrogen-bond acceptors (Lipinski definition) is 1. The molecule has 88 valence electrons. The number of rotatable bonds is 3. The SMILES string of the molecule is NCc1cccc(Cc2cc(Cl)ccc2F)c1. The van der Waals surface area contributed by atoms with Gasteiger partial charge in [0.1, 0.15) is 5.82 Å². The smallest absolute Gasteiger partial charge is 0.126 e. The fourth-order valence-corrected chi connectivity index (χ4v) is 1.96. The highest BCUT2D eigenvalue weighted by molar-refractivity contribution is 6.30. The molecule has 2 aromatic carbocycles. The van der Waals surface area contributed by atoms with E-state index in [1.165, 1.54) is 6.07 Å². The van der Waals surface area contributed by atoms with Crippen molar-refractivity contribution >= 4 is 11.6 Å². The van der Waals surface area contributed by atoms with E-state index in [0.29, 0.717) is 23.6 Å². The molecule has 2 N–H and O–H groups in total. The molecule has 0 saturated heterocycles. The van der Waals surface area contributed by atoms with Crippen LogP contribution < -0.4 is 5.73 Å². The molecular formula is C14H13ClFN. The lowest BCUT2D eigenvalue weighted by Crippen LogP contribution is -1.98. The van der Waals surface area contributed by atoms with Crippen LogP contribution in [0, 0.1) is 5.82 Å². The maximum atomic E-state index is 13.6. The molecule has 17 heavy (non-hydrogen) atoms. The molecule has 0 spiro atoms. The van der Waals surface area contributed by atoms with E-state index < -0.39 is 0 Å². The highest BCUT2D eigenvalue weighted by Gasteiger charge is 2.04. The maximum absolute atomic E-state index is 13.6. The Morgan fingerprint density at radius 2 is 1.82 bits per heavy atom. The van der Waals surface area contributed by atoms with Crippen molar-refractivity contribution in [2.45, 2.75) is 13.0 Å². The van der Waals surface area contributed by atoms with E-state index in [1.807, 2.05) is 24.3 Å². The van der Waals surface area contributed by atoms with E-state index in [1.54, 1.807) is 12.1 Å². The van der Waals surface area contributed by atoms with Crippen molar-refractivity contribution in [1.29, 1.82) is 0 Å². The van der Waals surface area contributed by atoms with E-state index in [0.717, 1.165) is 11.1 Å². The summed E-state index contributed by atoms with van der Waals surface area (Å²) in [5.41, 5.74) is 8.26. The fraction of sp³-hybridized carbons (Fsp3) is 0.143. The van der Waals surface area contributed by atoms with E-state index >= 15 is 0 Å². The Bertz CT molecular complexity index is 525. The van der Waals surface area contributed by atoms with Crippen LogP contribution in [0.1, 0.15) is 16.7 Å². The summed E-state index contributed by atoms with van der Waals surface area (Å²) in [4.78, 5) is 0. The van der Waals surface area contributed by atoms with Gasteiger partial charge in [-0.25, -0.2) is 4.39 Å². The number of nitrogens with two attached hydrogens (primary N) is 1. The number of halogens is 2. The molecular weight excluding hydrogens is 237 g/mol. The van der Waals surface area contributed by atoms with Gasteiger partial charge in [0.2, 0.25) is 0 Å². The Kier molecular flexibility index (Phi) is 3.77. The molecule has 2 rings (SSSR count). The molecule has 0 fully saturated rings. The second-order valence-corrected chi connectivity index (χ2v) is 4.37. The van der Waals surface area contributed by atoms with Crippen LogP contribution in [0.3, 0.4) is 0 Å². The summed E-state index contributed by atoms with van der Waals surface area (Å²) >= 11 is 5.85. The van der Waals surface area contributed by atoms with Crippen LogP contribution in [0.15, 0.2) is 42.5 Å². The van der Waals surface area contributed by atoms with Gasteiger partial charge in [0.15, 0.2) is 0 Å². The molecule has 0 unspecified atom stereocenters. The molecule has 0 amide bonds.